The third-order valence-electron chi connectivity index (χ3n) is 2.95. The van der Waals surface area contributed by atoms with Crippen molar-refractivity contribution < 1.29 is 10.0 Å². The second-order valence-corrected chi connectivity index (χ2v) is 5.09. The smallest absolute Gasteiger partial charge is 0.278 e. The highest BCUT2D eigenvalue weighted by Gasteiger charge is 2.11. The molecule has 0 fully saturated rings. The lowest BCUT2D eigenvalue weighted by Gasteiger charge is -2.03. The molecular formula is C13H15N5O3S. The fourth-order valence-corrected chi connectivity index (χ4v) is 2.02. The molecule has 0 aliphatic heterocycles. The predicted octanol–water partition coefficient (Wildman–Crippen LogP) is 2.04. The van der Waals surface area contributed by atoms with Gasteiger partial charge in [-0.05, 0) is 31.6 Å². The monoisotopic (exact) mass is 321 g/mol. The summed E-state index contributed by atoms with van der Waals surface area (Å²) in [6.45, 7) is 1.68. The van der Waals surface area contributed by atoms with Crippen molar-refractivity contribution in [2.75, 3.05) is 0 Å². The summed E-state index contributed by atoms with van der Waals surface area (Å²) in [6.07, 6.45) is 1.91. The maximum absolute atomic E-state index is 11.0. The van der Waals surface area contributed by atoms with Gasteiger partial charge in [0.15, 0.2) is 5.82 Å². The maximum Gasteiger partial charge on any atom is 0.278 e. The van der Waals surface area contributed by atoms with Crippen LogP contribution in [0.3, 0.4) is 0 Å². The lowest BCUT2D eigenvalue weighted by atomic mass is 10.2. The zero-order chi connectivity index (χ0) is 16.1. The molecule has 1 aromatic heterocycles. The number of hydrogen-bond donors (Lipinski definition) is 2. The molecule has 0 radical (unpaired) electrons. The summed E-state index contributed by atoms with van der Waals surface area (Å²) in [5.41, 5.74) is 0.337. The minimum atomic E-state index is -0.468. The Morgan fingerprint density at radius 3 is 3.00 bits per heavy atom. The van der Waals surface area contributed by atoms with E-state index in [-0.39, 0.29) is 10.5 Å². The van der Waals surface area contributed by atoms with Gasteiger partial charge in [0.2, 0.25) is 4.77 Å². The van der Waals surface area contributed by atoms with Gasteiger partial charge in [-0.1, -0.05) is 12.1 Å². The number of aromatic nitrogens is 3. The highest BCUT2D eigenvalue weighted by molar-refractivity contribution is 7.71. The number of nitro benzene ring substituents is 1. The molecule has 0 aliphatic rings. The molecule has 1 unspecified atom stereocenters. The summed E-state index contributed by atoms with van der Waals surface area (Å²) < 4.78 is 1.68. The number of H-pyrrole nitrogens is 1. The molecule has 0 bridgehead atoms. The van der Waals surface area contributed by atoms with E-state index in [1.165, 1.54) is 17.0 Å². The summed E-state index contributed by atoms with van der Waals surface area (Å²) in [5.74, 6) is 0.556. The molecule has 22 heavy (non-hydrogen) atoms. The minimum Gasteiger partial charge on any atom is -0.393 e. The number of aromatic amines is 1. The van der Waals surface area contributed by atoms with Crippen LogP contribution in [-0.2, 0) is 6.42 Å². The molecule has 116 valence electrons. The Bertz CT molecular complexity index is 750. The average Bonchev–Trinajstić information content (AvgIpc) is 2.83. The number of aliphatic hydroxyl groups excluding tert-OH is 1. The predicted molar refractivity (Wildman–Crippen MR) is 83.5 cm³/mol. The van der Waals surface area contributed by atoms with Crippen molar-refractivity contribution in [3.63, 3.8) is 0 Å². The van der Waals surface area contributed by atoms with Crippen LogP contribution in [0.15, 0.2) is 29.4 Å². The third kappa shape index (κ3) is 3.83. The highest BCUT2D eigenvalue weighted by Crippen LogP contribution is 2.15. The molecule has 0 saturated heterocycles. The Kier molecular flexibility index (Phi) is 5.12. The first kappa shape index (κ1) is 16.0. The number of benzene rings is 1. The van der Waals surface area contributed by atoms with E-state index in [1.807, 2.05) is 0 Å². The number of nitrogens with one attached hydrogen (secondary N) is 1. The third-order valence-corrected chi connectivity index (χ3v) is 3.21. The van der Waals surface area contributed by atoms with Crippen LogP contribution in [0.1, 0.15) is 24.7 Å². The Morgan fingerprint density at radius 2 is 2.32 bits per heavy atom. The van der Waals surface area contributed by atoms with E-state index in [9.17, 15) is 15.2 Å². The van der Waals surface area contributed by atoms with Gasteiger partial charge in [-0.25, -0.2) is 0 Å². The second-order valence-electron chi connectivity index (χ2n) is 4.70. The van der Waals surface area contributed by atoms with Gasteiger partial charge in [0, 0.05) is 12.5 Å². The standard InChI is InChI=1S/C13H15N5O3S/c1-9(19)6-7-12-15-16-13(22)17(12)14-8-10-4-2-3-5-11(10)18(20)21/h2-5,8-9,19H,6-7H2,1H3,(H,16,22)/b14-8+. The fraction of sp³-hybridized carbons (Fsp3) is 0.308. The summed E-state index contributed by atoms with van der Waals surface area (Å²) in [4.78, 5) is 10.5. The van der Waals surface area contributed by atoms with Crippen LogP contribution in [0.25, 0.3) is 0 Å². The van der Waals surface area contributed by atoms with Crippen molar-refractivity contribution in [2.24, 2.45) is 5.10 Å². The van der Waals surface area contributed by atoms with Crippen LogP contribution in [0, 0.1) is 14.9 Å². The number of para-hydroxylation sites is 1. The van der Waals surface area contributed by atoms with Crippen molar-refractivity contribution in [1.82, 2.24) is 14.9 Å². The molecule has 0 aliphatic carbocycles. The normalized spacial score (nSPS) is 12.6. The zero-order valence-corrected chi connectivity index (χ0v) is 12.7. The van der Waals surface area contributed by atoms with Crippen molar-refractivity contribution >= 4 is 24.1 Å². The van der Waals surface area contributed by atoms with Gasteiger partial charge >= 0.3 is 0 Å². The van der Waals surface area contributed by atoms with E-state index in [2.05, 4.69) is 15.3 Å². The number of aliphatic hydroxyl groups is 1. The van der Waals surface area contributed by atoms with Crippen LogP contribution in [-0.4, -0.2) is 37.2 Å². The second kappa shape index (κ2) is 7.05. The van der Waals surface area contributed by atoms with Gasteiger partial charge in [0.05, 0.1) is 22.8 Å². The first-order valence-electron chi connectivity index (χ1n) is 6.61. The molecule has 1 aromatic carbocycles. The topological polar surface area (TPSA) is 109 Å². The van der Waals surface area contributed by atoms with Crippen molar-refractivity contribution in [1.29, 1.82) is 0 Å². The van der Waals surface area contributed by atoms with Gasteiger partial charge in [-0.3, -0.25) is 15.2 Å². The molecule has 2 rings (SSSR count). The van der Waals surface area contributed by atoms with E-state index in [1.54, 1.807) is 25.1 Å². The molecule has 1 atom stereocenters. The maximum atomic E-state index is 11.0. The van der Waals surface area contributed by atoms with Crippen molar-refractivity contribution in [3.05, 3.63) is 50.5 Å². The quantitative estimate of drug-likeness (QED) is 0.366. The molecule has 9 heteroatoms. The number of hydrogen-bond acceptors (Lipinski definition) is 6. The SMILES string of the molecule is CC(O)CCc1n[nH]c(=S)n1/N=C/c1ccccc1[N+](=O)[O-]. The van der Waals surface area contributed by atoms with Gasteiger partial charge < -0.3 is 5.11 Å². The lowest BCUT2D eigenvalue weighted by Crippen LogP contribution is -2.06. The lowest BCUT2D eigenvalue weighted by molar-refractivity contribution is -0.385. The van der Waals surface area contributed by atoms with E-state index < -0.39 is 11.0 Å². The van der Waals surface area contributed by atoms with Gasteiger partial charge in [0.25, 0.3) is 5.69 Å². The van der Waals surface area contributed by atoms with Crippen molar-refractivity contribution in [3.8, 4) is 0 Å². The fourth-order valence-electron chi connectivity index (χ4n) is 1.83. The van der Waals surface area contributed by atoms with Crippen molar-refractivity contribution in [2.45, 2.75) is 25.9 Å². The van der Waals surface area contributed by atoms with Gasteiger partial charge in [-0.2, -0.15) is 14.9 Å². The molecule has 2 N–H and O–H groups in total. The van der Waals surface area contributed by atoms with E-state index in [0.717, 1.165) is 0 Å². The molecule has 1 heterocycles. The van der Waals surface area contributed by atoms with E-state index in [0.29, 0.717) is 24.2 Å². The van der Waals surface area contributed by atoms with Crippen LogP contribution in [0.4, 0.5) is 5.69 Å². The van der Waals surface area contributed by atoms with Crippen LogP contribution in [0.2, 0.25) is 0 Å². The molecule has 8 nitrogen and oxygen atoms in total. The summed E-state index contributed by atoms with van der Waals surface area (Å²) in [7, 11) is 0. The Hall–Kier alpha value is -2.39. The Balaban J connectivity index is 2.29. The Morgan fingerprint density at radius 1 is 1.59 bits per heavy atom. The number of rotatable bonds is 6. The molecule has 0 spiro atoms. The Labute approximate surface area is 131 Å². The molecule has 0 amide bonds. The van der Waals surface area contributed by atoms with E-state index >= 15 is 0 Å². The number of nitrogens with zero attached hydrogens (tertiary/aromatic N) is 4. The highest BCUT2D eigenvalue weighted by atomic mass is 32.1. The first-order chi connectivity index (χ1) is 10.5. The largest absolute Gasteiger partial charge is 0.393 e. The zero-order valence-electron chi connectivity index (χ0n) is 11.8. The van der Waals surface area contributed by atoms with E-state index in [4.69, 9.17) is 12.2 Å². The minimum absolute atomic E-state index is 0.0354. The van der Waals surface area contributed by atoms with Crippen LogP contribution >= 0.6 is 12.2 Å². The van der Waals surface area contributed by atoms with Gasteiger partial charge in [-0.15, -0.1) is 0 Å². The molecule has 0 saturated carbocycles. The molecular weight excluding hydrogens is 306 g/mol. The summed E-state index contributed by atoms with van der Waals surface area (Å²) >= 11 is 5.09. The number of aryl methyl sites for hydroxylation is 1. The summed E-state index contributed by atoms with van der Waals surface area (Å²) in [5, 5.41) is 31.1. The van der Waals surface area contributed by atoms with Crippen LogP contribution < -0.4 is 0 Å². The van der Waals surface area contributed by atoms with Gasteiger partial charge in [0.1, 0.15) is 0 Å². The molecule has 2 aromatic rings. The average molecular weight is 321 g/mol. The first-order valence-corrected chi connectivity index (χ1v) is 7.02. The number of nitro groups is 1. The van der Waals surface area contributed by atoms with Crippen LogP contribution in [0.5, 0.6) is 0 Å². The summed E-state index contributed by atoms with van der Waals surface area (Å²) in [6, 6.07) is 6.29.